The summed E-state index contributed by atoms with van der Waals surface area (Å²) in [6, 6.07) is -0.408. The zero-order chi connectivity index (χ0) is 11.8. The maximum Gasteiger partial charge on any atom is 0.407 e. The lowest BCUT2D eigenvalue weighted by Gasteiger charge is -2.18. The molecule has 4 nitrogen and oxygen atoms in total. The van der Waals surface area contributed by atoms with Crippen LogP contribution in [0.5, 0.6) is 0 Å². The molecule has 0 radical (unpaired) electrons. The van der Waals surface area contributed by atoms with E-state index in [2.05, 4.69) is 5.32 Å². The first-order valence-electron chi connectivity index (χ1n) is 5.49. The molecule has 0 rings (SSSR count). The number of carbonyl (C=O) groups is 2. The van der Waals surface area contributed by atoms with Gasteiger partial charge in [0.15, 0.2) is 5.78 Å². The number of Topliss-reactive ketones (excluding diaryl/α,β-unsaturated/α-hetero) is 1. The van der Waals surface area contributed by atoms with Gasteiger partial charge in [-0.2, -0.15) is 0 Å². The molecule has 0 aromatic carbocycles. The van der Waals surface area contributed by atoms with Crippen LogP contribution in [0.1, 0.15) is 40.5 Å². The number of nitrogens with one attached hydrogen (secondary N) is 1. The standard InChI is InChI=1S/C11H21NO3/c1-5-7-9(10(13)8(3)4)12-11(14)15-6-2/h8-9H,5-7H2,1-4H3,(H,12,14). The molecule has 0 aromatic rings. The van der Waals surface area contributed by atoms with Gasteiger partial charge in [0.1, 0.15) is 0 Å². The van der Waals surface area contributed by atoms with Crippen LogP contribution in [-0.4, -0.2) is 24.5 Å². The van der Waals surface area contributed by atoms with Crippen LogP contribution >= 0.6 is 0 Å². The number of hydrogen-bond acceptors (Lipinski definition) is 3. The van der Waals surface area contributed by atoms with E-state index in [1.807, 2.05) is 20.8 Å². The monoisotopic (exact) mass is 215 g/mol. The van der Waals surface area contributed by atoms with Crippen LogP contribution in [0.25, 0.3) is 0 Å². The Morgan fingerprint density at radius 3 is 2.27 bits per heavy atom. The van der Waals surface area contributed by atoms with Gasteiger partial charge in [0.2, 0.25) is 0 Å². The number of carbonyl (C=O) groups excluding carboxylic acids is 2. The summed E-state index contributed by atoms with van der Waals surface area (Å²) < 4.78 is 4.75. The molecule has 0 bridgehead atoms. The summed E-state index contributed by atoms with van der Waals surface area (Å²) in [6.45, 7) is 7.70. The Balaban J connectivity index is 4.26. The molecule has 0 fully saturated rings. The van der Waals surface area contributed by atoms with E-state index in [1.54, 1.807) is 6.92 Å². The Hall–Kier alpha value is -1.06. The van der Waals surface area contributed by atoms with Gasteiger partial charge in [-0.05, 0) is 13.3 Å². The van der Waals surface area contributed by atoms with Crippen molar-refractivity contribution >= 4 is 11.9 Å². The van der Waals surface area contributed by atoms with E-state index >= 15 is 0 Å². The lowest BCUT2D eigenvalue weighted by molar-refractivity contribution is -0.124. The smallest absolute Gasteiger partial charge is 0.407 e. The van der Waals surface area contributed by atoms with Crippen LogP contribution in [-0.2, 0) is 9.53 Å². The first-order valence-corrected chi connectivity index (χ1v) is 5.49. The van der Waals surface area contributed by atoms with E-state index in [-0.39, 0.29) is 11.7 Å². The van der Waals surface area contributed by atoms with Crippen molar-refractivity contribution in [1.29, 1.82) is 0 Å². The fourth-order valence-corrected chi connectivity index (χ4v) is 1.29. The van der Waals surface area contributed by atoms with Crippen LogP contribution < -0.4 is 5.32 Å². The topological polar surface area (TPSA) is 55.4 Å². The molecule has 1 atom stereocenters. The molecule has 88 valence electrons. The molecule has 0 saturated heterocycles. The van der Waals surface area contributed by atoms with Crippen LogP contribution in [0.4, 0.5) is 4.79 Å². The molecule has 1 unspecified atom stereocenters. The summed E-state index contributed by atoms with van der Waals surface area (Å²) in [4.78, 5) is 22.9. The SMILES string of the molecule is CCCC(NC(=O)OCC)C(=O)C(C)C. The van der Waals surface area contributed by atoms with Gasteiger partial charge in [0, 0.05) is 5.92 Å². The van der Waals surface area contributed by atoms with Crippen molar-refractivity contribution in [3.05, 3.63) is 0 Å². The molecule has 1 N–H and O–H groups in total. The zero-order valence-electron chi connectivity index (χ0n) is 10.0. The minimum atomic E-state index is -0.509. The van der Waals surface area contributed by atoms with Gasteiger partial charge < -0.3 is 10.1 Å². The predicted octanol–water partition coefficient (Wildman–Crippen LogP) is 2.13. The highest BCUT2D eigenvalue weighted by Gasteiger charge is 2.22. The highest BCUT2D eigenvalue weighted by atomic mass is 16.5. The molecule has 0 aliphatic carbocycles. The Kier molecular flexibility index (Phi) is 6.75. The van der Waals surface area contributed by atoms with Crippen molar-refractivity contribution in [1.82, 2.24) is 5.32 Å². The van der Waals surface area contributed by atoms with Crippen molar-refractivity contribution in [3.63, 3.8) is 0 Å². The second-order valence-electron chi connectivity index (χ2n) is 3.76. The van der Waals surface area contributed by atoms with E-state index in [0.717, 1.165) is 6.42 Å². The minimum absolute atomic E-state index is 0.0601. The summed E-state index contributed by atoms with van der Waals surface area (Å²) >= 11 is 0. The van der Waals surface area contributed by atoms with Crippen LogP contribution in [0.15, 0.2) is 0 Å². The normalized spacial score (nSPS) is 12.3. The lowest BCUT2D eigenvalue weighted by atomic mass is 9.98. The first-order chi connectivity index (χ1) is 7.02. The summed E-state index contributed by atoms with van der Waals surface area (Å²) in [5.41, 5.74) is 0. The van der Waals surface area contributed by atoms with E-state index in [9.17, 15) is 9.59 Å². The third-order valence-corrected chi connectivity index (χ3v) is 2.06. The first kappa shape index (κ1) is 13.9. The molecule has 0 heterocycles. The van der Waals surface area contributed by atoms with E-state index < -0.39 is 12.1 Å². The minimum Gasteiger partial charge on any atom is -0.450 e. The highest BCUT2D eigenvalue weighted by Crippen LogP contribution is 2.06. The Labute approximate surface area is 91.4 Å². The maximum absolute atomic E-state index is 11.7. The third kappa shape index (κ3) is 5.40. The molecule has 15 heavy (non-hydrogen) atoms. The van der Waals surface area contributed by atoms with E-state index in [4.69, 9.17) is 4.74 Å². The van der Waals surface area contributed by atoms with Crippen molar-refractivity contribution in [2.45, 2.75) is 46.6 Å². The molecule has 0 aliphatic heterocycles. The number of ketones is 1. The van der Waals surface area contributed by atoms with E-state index in [1.165, 1.54) is 0 Å². The third-order valence-electron chi connectivity index (χ3n) is 2.06. The average Bonchev–Trinajstić information content (AvgIpc) is 2.16. The predicted molar refractivity (Wildman–Crippen MR) is 58.7 cm³/mol. The zero-order valence-corrected chi connectivity index (χ0v) is 10.0. The van der Waals surface area contributed by atoms with Crippen LogP contribution in [0.2, 0.25) is 0 Å². The van der Waals surface area contributed by atoms with Crippen molar-refractivity contribution in [2.75, 3.05) is 6.61 Å². The molecule has 0 aliphatic rings. The summed E-state index contributed by atoms with van der Waals surface area (Å²) in [6.07, 6.45) is 1.01. The van der Waals surface area contributed by atoms with Crippen molar-refractivity contribution < 1.29 is 14.3 Å². The number of ether oxygens (including phenoxy) is 1. The van der Waals surface area contributed by atoms with Gasteiger partial charge in [0.05, 0.1) is 12.6 Å². The van der Waals surface area contributed by atoms with Gasteiger partial charge in [0.25, 0.3) is 0 Å². The number of amides is 1. The molecular formula is C11H21NO3. The second-order valence-corrected chi connectivity index (χ2v) is 3.76. The van der Waals surface area contributed by atoms with E-state index in [0.29, 0.717) is 13.0 Å². The number of hydrogen-bond donors (Lipinski definition) is 1. The lowest BCUT2D eigenvalue weighted by Crippen LogP contribution is -2.42. The molecule has 0 aromatic heterocycles. The molecule has 4 heteroatoms. The number of alkyl carbamates (subject to hydrolysis) is 1. The van der Waals surface area contributed by atoms with Crippen molar-refractivity contribution in [2.24, 2.45) is 5.92 Å². The second kappa shape index (κ2) is 7.26. The summed E-state index contributed by atoms with van der Waals surface area (Å²) in [5, 5.41) is 2.59. The number of rotatable bonds is 6. The quantitative estimate of drug-likeness (QED) is 0.738. The molecule has 0 saturated carbocycles. The summed E-state index contributed by atoms with van der Waals surface area (Å²) in [5.74, 6) is -0.00613. The van der Waals surface area contributed by atoms with Gasteiger partial charge in [-0.1, -0.05) is 27.2 Å². The van der Waals surface area contributed by atoms with Crippen molar-refractivity contribution in [3.8, 4) is 0 Å². The van der Waals surface area contributed by atoms with Gasteiger partial charge in [-0.3, -0.25) is 4.79 Å². The Bertz CT molecular complexity index is 214. The van der Waals surface area contributed by atoms with Gasteiger partial charge >= 0.3 is 6.09 Å². The molecular weight excluding hydrogens is 194 g/mol. The fourth-order valence-electron chi connectivity index (χ4n) is 1.29. The highest BCUT2D eigenvalue weighted by molar-refractivity contribution is 5.88. The summed E-state index contributed by atoms with van der Waals surface area (Å²) in [7, 11) is 0. The fraction of sp³-hybridized carbons (Fsp3) is 0.818. The average molecular weight is 215 g/mol. The van der Waals surface area contributed by atoms with Gasteiger partial charge in [-0.25, -0.2) is 4.79 Å². The van der Waals surface area contributed by atoms with Crippen LogP contribution in [0, 0.1) is 5.92 Å². The molecule has 0 spiro atoms. The van der Waals surface area contributed by atoms with Crippen LogP contribution in [0.3, 0.4) is 0 Å². The van der Waals surface area contributed by atoms with Gasteiger partial charge in [-0.15, -0.1) is 0 Å². The Morgan fingerprint density at radius 2 is 1.87 bits per heavy atom. The molecule has 1 amide bonds. The Morgan fingerprint density at radius 1 is 1.27 bits per heavy atom. The largest absolute Gasteiger partial charge is 0.450 e. The maximum atomic E-state index is 11.7.